The van der Waals surface area contributed by atoms with Gasteiger partial charge < -0.3 is 14.5 Å². The first-order valence-electron chi connectivity index (χ1n) is 9.72. The SMILES string of the molecule is Cc1ccc(C(C)C)c(OCC(=O)N2CCN(C)C[C@H]2c2ccccc2)c1. The number of carbonyl (C=O) groups is 1. The summed E-state index contributed by atoms with van der Waals surface area (Å²) in [5.41, 5.74) is 3.46. The van der Waals surface area contributed by atoms with Crippen LogP contribution in [0.4, 0.5) is 0 Å². The zero-order chi connectivity index (χ0) is 19.4. The summed E-state index contributed by atoms with van der Waals surface area (Å²) in [6, 6.07) is 16.6. The molecule has 144 valence electrons. The number of benzene rings is 2. The van der Waals surface area contributed by atoms with Crippen LogP contribution in [0.3, 0.4) is 0 Å². The Morgan fingerprint density at radius 3 is 2.59 bits per heavy atom. The minimum atomic E-state index is 0.0492. The maximum atomic E-state index is 13.0. The zero-order valence-corrected chi connectivity index (χ0v) is 16.8. The lowest BCUT2D eigenvalue weighted by Gasteiger charge is -2.40. The summed E-state index contributed by atoms with van der Waals surface area (Å²) in [4.78, 5) is 17.3. The molecule has 4 heteroatoms. The number of likely N-dealkylation sites (N-methyl/N-ethyl adjacent to an activating group) is 1. The fourth-order valence-corrected chi connectivity index (χ4v) is 3.64. The van der Waals surface area contributed by atoms with E-state index in [-0.39, 0.29) is 18.6 Å². The van der Waals surface area contributed by atoms with Crippen LogP contribution in [0, 0.1) is 6.92 Å². The molecule has 27 heavy (non-hydrogen) atoms. The molecule has 0 aliphatic carbocycles. The summed E-state index contributed by atoms with van der Waals surface area (Å²) < 4.78 is 6.00. The molecule has 0 saturated carbocycles. The van der Waals surface area contributed by atoms with Gasteiger partial charge in [0.25, 0.3) is 5.91 Å². The van der Waals surface area contributed by atoms with Gasteiger partial charge in [-0.05, 0) is 42.6 Å². The predicted molar refractivity (Wildman–Crippen MR) is 109 cm³/mol. The van der Waals surface area contributed by atoms with Crippen LogP contribution in [0.15, 0.2) is 48.5 Å². The Hall–Kier alpha value is -2.33. The quantitative estimate of drug-likeness (QED) is 0.801. The van der Waals surface area contributed by atoms with Gasteiger partial charge >= 0.3 is 0 Å². The van der Waals surface area contributed by atoms with Crippen molar-refractivity contribution in [2.75, 3.05) is 33.3 Å². The normalized spacial score (nSPS) is 18.0. The fraction of sp³-hybridized carbons (Fsp3) is 0.435. The van der Waals surface area contributed by atoms with Crippen molar-refractivity contribution >= 4 is 5.91 Å². The smallest absolute Gasteiger partial charge is 0.261 e. The van der Waals surface area contributed by atoms with Crippen LogP contribution in [-0.4, -0.2) is 49.0 Å². The molecule has 2 aromatic carbocycles. The summed E-state index contributed by atoms with van der Waals surface area (Å²) in [7, 11) is 2.11. The molecular formula is C23H30N2O2. The van der Waals surface area contributed by atoms with Crippen molar-refractivity contribution < 1.29 is 9.53 Å². The van der Waals surface area contributed by atoms with Crippen molar-refractivity contribution in [1.82, 2.24) is 9.80 Å². The van der Waals surface area contributed by atoms with Gasteiger partial charge in [-0.15, -0.1) is 0 Å². The molecule has 1 fully saturated rings. The molecule has 3 rings (SSSR count). The number of hydrogen-bond donors (Lipinski definition) is 0. The number of hydrogen-bond acceptors (Lipinski definition) is 3. The van der Waals surface area contributed by atoms with Crippen molar-refractivity contribution in [3.8, 4) is 5.75 Å². The van der Waals surface area contributed by atoms with Gasteiger partial charge in [-0.25, -0.2) is 0 Å². The number of carbonyl (C=O) groups excluding carboxylic acids is 1. The van der Waals surface area contributed by atoms with Crippen LogP contribution >= 0.6 is 0 Å². The number of amides is 1. The average molecular weight is 367 g/mol. The number of piperazine rings is 1. The Morgan fingerprint density at radius 2 is 1.89 bits per heavy atom. The molecule has 0 N–H and O–H groups in total. The molecule has 1 heterocycles. The van der Waals surface area contributed by atoms with E-state index in [2.05, 4.69) is 50.1 Å². The molecular weight excluding hydrogens is 336 g/mol. The molecule has 1 aliphatic rings. The van der Waals surface area contributed by atoms with Crippen molar-refractivity contribution in [2.24, 2.45) is 0 Å². The maximum Gasteiger partial charge on any atom is 0.261 e. The van der Waals surface area contributed by atoms with E-state index in [1.54, 1.807) is 0 Å². The standard InChI is InChI=1S/C23H30N2O2/c1-17(2)20-11-10-18(3)14-22(20)27-16-23(26)25-13-12-24(4)15-21(25)19-8-6-5-7-9-19/h5-11,14,17,21H,12-13,15-16H2,1-4H3/t21-/m0/s1. The van der Waals surface area contributed by atoms with Crippen molar-refractivity contribution in [3.63, 3.8) is 0 Å². The maximum absolute atomic E-state index is 13.0. The van der Waals surface area contributed by atoms with Gasteiger partial charge in [-0.3, -0.25) is 4.79 Å². The molecule has 0 spiro atoms. The highest BCUT2D eigenvalue weighted by Crippen LogP contribution is 2.28. The molecule has 1 atom stereocenters. The molecule has 1 amide bonds. The summed E-state index contributed by atoms with van der Waals surface area (Å²) >= 11 is 0. The van der Waals surface area contributed by atoms with E-state index in [4.69, 9.17) is 4.74 Å². The molecule has 1 aliphatic heterocycles. The van der Waals surface area contributed by atoms with E-state index >= 15 is 0 Å². The number of nitrogens with zero attached hydrogens (tertiary/aromatic N) is 2. The first-order valence-corrected chi connectivity index (χ1v) is 9.72. The number of rotatable bonds is 5. The van der Waals surface area contributed by atoms with Gasteiger partial charge in [-0.2, -0.15) is 0 Å². The third kappa shape index (κ3) is 4.69. The van der Waals surface area contributed by atoms with Gasteiger partial charge in [0.1, 0.15) is 5.75 Å². The minimum absolute atomic E-state index is 0.0492. The van der Waals surface area contributed by atoms with Crippen LogP contribution < -0.4 is 4.74 Å². The van der Waals surface area contributed by atoms with Crippen molar-refractivity contribution in [3.05, 3.63) is 65.2 Å². The van der Waals surface area contributed by atoms with Crippen molar-refractivity contribution in [2.45, 2.75) is 32.7 Å². The summed E-state index contributed by atoms with van der Waals surface area (Å²) in [5.74, 6) is 1.23. The molecule has 0 bridgehead atoms. The highest BCUT2D eigenvalue weighted by atomic mass is 16.5. The fourth-order valence-electron chi connectivity index (χ4n) is 3.64. The Balaban J connectivity index is 1.74. The van der Waals surface area contributed by atoms with Gasteiger partial charge in [0, 0.05) is 19.6 Å². The topological polar surface area (TPSA) is 32.8 Å². The second-order valence-electron chi connectivity index (χ2n) is 7.76. The van der Waals surface area contributed by atoms with Gasteiger partial charge in [0.15, 0.2) is 6.61 Å². The second kappa shape index (κ2) is 8.57. The lowest BCUT2D eigenvalue weighted by molar-refractivity contribution is -0.138. The van der Waals surface area contributed by atoms with E-state index in [0.717, 1.165) is 36.5 Å². The lowest BCUT2D eigenvalue weighted by Crippen LogP contribution is -2.50. The third-order valence-electron chi connectivity index (χ3n) is 5.23. The Bertz CT molecular complexity index is 773. The Morgan fingerprint density at radius 1 is 1.15 bits per heavy atom. The van der Waals surface area contributed by atoms with Crippen molar-refractivity contribution in [1.29, 1.82) is 0 Å². The summed E-state index contributed by atoms with van der Waals surface area (Å²) in [6.07, 6.45) is 0. The minimum Gasteiger partial charge on any atom is -0.483 e. The van der Waals surface area contributed by atoms with E-state index in [0.29, 0.717) is 5.92 Å². The van der Waals surface area contributed by atoms with Gasteiger partial charge in [0.2, 0.25) is 0 Å². The third-order valence-corrected chi connectivity index (χ3v) is 5.23. The molecule has 0 radical (unpaired) electrons. The molecule has 0 aromatic heterocycles. The zero-order valence-electron chi connectivity index (χ0n) is 16.8. The van der Waals surface area contributed by atoms with Crippen LogP contribution in [0.2, 0.25) is 0 Å². The van der Waals surface area contributed by atoms with Crippen LogP contribution in [-0.2, 0) is 4.79 Å². The Labute approximate surface area is 162 Å². The van der Waals surface area contributed by atoms with Gasteiger partial charge in [0.05, 0.1) is 6.04 Å². The summed E-state index contributed by atoms with van der Waals surface area (Å²) in [5, 5.41) is 0. The van der Waals surface area contributed by atoms with E-state index in [9.17, 15) is 4.79 Å². The van der Waals surface area contributed by atoms with E-state index < -0.39 is 0 Å². The largest absolute Gasteiger partial charge is 0.483 e. The second-order valence-corrected chi connectivity index (χ2v) is 7.76. The predicted octanol–water partition coefficient (Wildman–Crippen LogP) is 4.01. The van der Waals surface area contributed by atoms with Gasteiger partial charge in [-0.1, -0.05) is 56.3 Å². The monoisotopic (exact) mass is 366 g/mol. The highest BCUT2D eigenvalue weighted by molar-refractivity contribution is 5.78. The van der Waals surface area contributed by atoms with E-state index in [1.807, 2.05) is 36.1 Å². The van der Waals surface area contributed by atoms with Crippen LogP contribution in [0.5, 0.6) is 5.75 Å². The first-order chi connectivity index (χ1) is 13.0. The number of ether oxygens (including phenoxy) is 1. The van der Waals surface area contributed by atoms with E-state index in [1.165, 1.54) is 5.56 Å². The average Bonchev–Trinajstić information content (AvgIpc) is 2.66. The molecule has 1 saturated heterocycles. The Kier molecular flexibility index (Phi) is 6.17. The molecule has 0 unspecified atom stereocenters. The lowest BCUT2D eigenvalue weighted by atomic mass is 10.0. The van der Waals surface area contributed by atoms with Crippen LogP contribution in [0.25, 0.3) is 0 Å². The van der Waals surface area contributed by atoms with Crippen LogP contribution in [0.1, 0.15) is 42.5 Å². The number of aryl methyl sites for hydroxylation is 1. The summed E-state index contributed by atoms with van der Waals surface area (Å²) in [6.45, 7) is 8.87. The first kappa shape index (κ1) is 19.4. The highest BCUT2D eigenvalue weighted by Gasteiger charge is 2.30. The molecule has 2 aromatic rings. The molecule has 4 nitrogen and oxygen atoms in total.